The molecule has 2 aromatic carbocycles. The van der Waals surface area contributed by atoms with Crippen molar-refractivity contribution in [1.82, 2.24) is 5.43 Å². The SMILES string of the molecule is C#CCOc1ccccc1/C=N/NC(=O)Cc1ccc(Br)cc1. The molecule has 1 N–H and O–H groups in total. The third-order valence-electron chi connectivity index (χ3n) is 2.90. The van der Waals surface area contributed by atoms with E-state index < -0.39 is 0 Å². The van der Waals surface area contributed by atoms with E-state index in [1.165, 1.54) is 6.21 Å². The number of halogens is 1. The Kier molecular flexibility index (Phi) is 6.40. The molecule has 0 aliphatic heterocycles. The lowest BCUT2D eigenvalue weighted by molar-refractivity contribution is -0.120. The maximum Gasteiger partial charge on any atom is 0.244 e. The monoisotopic (exact) mass is 370 g/mol. The first-order valence-electron chi connectivity index (χ1n) is 6.90. The minimum absolute atomic E-state index is 0.181. The van der Waals surface area contributed by atoms with Crippen LogP contribution in [0, 0.1) is 12.3 Å². The number of carbonyl (C=O) groups is 1. The third-order valence-corrected chi connectivity index (χ3v) is 3.43. The fourth-order valence-electron chi connectivity index (χ4n) is 1.84. The van der Waals surface area contributed by atoms with Gasteiger partial charge in [-0.3, -0.25) is 4.79 Å². The van der Waals surface area contributed by atoms with Gasteiger partial charge >= 0.3 is 0 Å². The molecule has 0 saturated carbocycles. The Bertz CT molecular complexity index is 733. The lowest BCUT2D eigenvalue weighted by Gasteiger charge is -2.05. The second-order valence-electron chi connectivity index (χ2n) is 4.63. The highest BCUT2D eigenvalue weighted by atomic mass is 79.9. The number of terminal acetylenes is 1. The lowest BCUT2D eigenvalue weighted by Crippen LogP contribution is -2.19. The Morgan fingerprint density at radius 3 is 2.74 bits per heavy atom. The Morgan fingerprint density at radius 2 is 2.00 bits per heavy atom. The van der Waals surface area contributed by atoms with Crippen molar-refractivity contribution in [2.45, 2.75) is 6.42 Å². The molecule has 5 heteroatoms. The summed E-state index contributed by atoms with van der Waals surface area (Å²) in [4.78, 5) is 11.9. The molecular formula is C18H15BrN2O2. The van der Waals surface area contributed by atoms with Gasteiger partial charge in [0.15, 0.2) is 0 Å². The van der Waals surface area contributed by atoms with E-state index in [0.29, 0.717) is 5.75 Å². The standard InChI is InChI=1S/C18H15BrN2O2/c1-2-11-23-17-6-4-3-5-15(17)13-20-21-18(22)12-14-7-9-16(19)10-8-14/h1,3-10,13H,11-12H2,(H,21,22)/b20-13+. The zero-order valence-corrected chi connectivity index (χ0v) is 13.9. The number of nitrogens with one attached hydrogen (secondary N) is 1. The van der Waals surface area contributed by atoms with Crippen molar-refractivity contribution in [3.63, 3.8) is 0 Å². The minimum Gasteiger partial charge on any atom is -0.480 e. The van der Waals surface area contributed by atoms with Gasteiger partial charge in [0, 0.05) is 10.0 Å². The molecule has 0 atom stereocenters. The number of rotatable bonds is 6. The van der Waals surface area contributed by atoms with E-state index in [1.807, 2.05) is 42.5 Å². The number of ether oxygens (including phenoxy) is 1. The highest BCUT2D eigenvalue weighted by Crippen LogP contribution is 2.15. The van der Waals surface area contributed by atoms with Gasteiger partial charge in [-0.1, -0.05) is 46.1 Å². The zero-order valence-electron chi connectivity index (χ0n) is 12.3. The number of nitrogens with zero attached hydrogens (tertiary/aromatic N) is 1. The van der Waals surface area contributed by atoms with Gasteiger partial charge in [0.2, 0.25) is 5.91 Å². The summed E-state index contributed by atoms with van der Waals surface area (Å²) >= 11 is 3.36. The Labute approximate surface area is 143 Å². The van der Waals surface area contributed by atoms with E-state index >= 15 is 0 Å². The minimum atomic E-state index is -0.189. The summed E-state index contributed by atoms with van der Waals surface area (Å²) in [5.41, 5.74) is 4.16. The number of hydrogen-bond acceptors (Lipinski definition) is 3. The van der Waals surface area contributed by atoms with Crippen molar-refractivity contribution in [2.75, 3.05) is 6.61 Å². The number of carbonyl (C=O) groups excluding carboxylic acids is 1. The maximum absolute atomic E-state index is 11.9. The molecule has 0 spiro atoms. The van der Waals surface area contributed by atoms with Crippen molar-refractivity contribution in [1.29, 1.82) is 0 Å². The van der Waals surface area contributed by atoms with Crippen LogP contribution < -0.4 is 10.2 Å². The Morgan fingerprint density at radius 1 is 1.26 bits per heavy atom. The molecule has 0 unspecified atom stereocenters. The van der Waals surface area contributed by atoms with E-state index in [2.05, 4.69) is 32.4 Å². The van der Waals surface area contributed by atoms with Gasteiger partial charge in [-0.2, -0.15) is 5.10 Å². The first-order valence-corrected chi connectivity index (χ1v) is 7.70. The Balaban J connectivity index is 1.92. The van der Waals surface area contributed by atoms with Crippen LogP contribution in [0.15, 0.2) is 58.1 Å². The first-order chi connectivity index (χ1) is 11.2. The van der Waals surface area contributed by atoms with Gasteiger partial charge < -0.3 is 4.74 Å². The Hall–Kier alpha value is -2.58. The molecule has 0 saturated heterocycles. The summed E-state index contributed by atoms with van der Waals surface area (Å²) in [6.45, 7) is 0.181. The zero-order chi connectivity index (χ0) is 16.5. The van der Waals surface area contributed by atoms with Gasteiger partial charge in [0.1, 0.15) is 12.4 Å². The molecule has 0 fully saturated rings. The van der Waals surface area contributed by atoms with E-state index in [1.54, 1.807) is 6.07 Å². The van der Waals surface area contributed by atoms with E-state index in [0.717, 1.165) is 15.6 Å². The number of benzene rings is 2. The highest BCUT2D eigenvalue weighted by molar-refractivity contribution is 9.10. The summed E-state index contributed by atoms with van der Waals surface area (Å²) < 4.78 is 6.38. The summed E-state index contributed by atoms with van der Waals surface area (Å²) in [6.07, 6.45) is 6.98. The largest absolute Gasteiger partial charge is 0.480 e. The molecule has 4 nitrogen and oxygen atoms in total. The van der Waals surface area contributed by atoms with Crippen LogP contribution in [0.2, 0.25) is 0 Å². The number of para-hydroxylation sites is 1. The van der Waals surface area contributed by atoms with Crippen molar-refractivity contribution < 1.29 is 9.53 Å². The highest BCUT2D eigenvalue weighted by Gasteiger charge is 2.03. The van der Waals surface area contributed by atoms with Gasteiger partial charge in [0.05, 0.1) is 12.6 Å². The van der Waals surface area contributed by atoms with Crippen LogP contribution in [-0.2, 0) is 11.2 Å². The molecule has 0 aliphatic rings. The predicted molar refractivity (Wildman–Crippen MR) is 94.4 cm³/mol. The van der Waals surface area contributed by atoms with E-state index in [-0.39, 0.29) is 18.9 Å². The molecule has 0 heterocycles. The van der Waals surface area contributed by atoms with Crippen molar-refractivity contribution in [2.24, 2.45) is 5.10 Å². The number of hydrazone groups is 1. The normalized spacial score (nSPS) is 10.3. The van der Waals surface area contributed by atoms with Gasteiger partial charge in [0.25, 0.3) is 0 Å². The van der Waals surface area contributed by atoms with E-state index in [9.17, 15) is 4.79 Å². The van der Waals surface area contributed by atoms with Crippen LogP contribution >= 0.6 is 15.9 Å². The van der Waals surface area contributed by atoms with Crippen LogP contribution in [0.5, 0.6) is 5.75 Å². The molecule has 1 amide bonds. The fourth-order valence-corrected chi connectivity index (χ4v) is 2.10. The number of amides is 1. The lowest BCUT2D eigenvalue weighted by atomic mass is 10.1. The molecule has 23 heavy (non-hydrogen) atoms. The van der Waals surface area contributed by atoms with Crippen molar-refractivity contribution in [3.8, 4) is 18.1 Å². The fraction of sp³-hybridized carbons (Fsp3) is 0.111. The van der Waals surface area contributed by atoms with Crippen LogP contribution in [0.25, 0.3) is 0 Å². The van der Waals surface area contributed by atoms with Crippen LogP contribution in [-0.4, -0.2) is 18.7 Å². The van der Waals surface area contributed by atoms with Crippen molar-refractivity contribution >= 4 is 28.1 Å². The predicted octanol–water partition coefficient (Wildman–Crippen LogP) is 3.15. The average molecular weight is 371 g/mol. The first kappa shape index (κ1) is 16.8. The smallest absolute Gasteiger partial charge is 0.244 e. The van der Waals surface area contributed by atoms with Crippen LogP contribution in [0.1, 0.15) is 11.1 Å². The van der Waals surface area contributed by atoms with Gasteiger partial charge in [-0.15, -0.1) is 6.42 Å². The second kappa shape index (κ2) is 8.76. The molecule has 0 aliphatic carbocycles. The third kappa shape index (κ3) is 5.61. The molecule has 116 valence electrons. The van der Waals surface area contributed by atoms with Crippen LogP contribution in [0.4, 0.5) is 0 Å². The molecule has 2 rings (SSSR count). The second-order valence-corrected chi connectivity index (χ2v) is 5.54. The topological polar surface area (TPSA) is 50.7 Å². The molecule has 0 aromatic heterocycles. The summed E-state index contributed by atoms with van der Waals surface area (Å²) in [5, 5.41) is 3.96. The molecule has 0 bridgehead atoms. The average Bonchev–Trinajstić information content (AvgIpc) is 2.56. The molecular weight excluding hydrogens is 356 g/mol. The molecule has 0 radical (unpaired) electrons. The summed E-state index contributed by atoms with van der Waals surface area (Å²) in [6, 6.07) is 14.9. The van der Waals surface area contributed by atoms with Crippen LogP contribution in [0.3, 0.4) is 0 Å². The quantitative estimate of drug-likeness (QED) is 0.482. The van der Waals surface area contributed by atoms with E-state index in [4.69, 9.17) is 11.2 Å². The van der Waals surface area contributed by atoms with Gasteiger partial charge in [-0.25, -0.2) is 5.43 Å². The van der Waals surface area contributed by atoms with Crippen molar-refractivity contribution in [3.05, 3.63) is 64.1 Å². The molecule has 2 aromatic rings. The maximum atomic E-state index is 11.9. The van der Waals surface area contributed by atoms with Gasteiger partial charge in [-0.05, 0) is 29.8 Å². The summed E-state index contributed by atoms with van der Waals surface area (Å²) in [5.74, 6) is 2.84. The summed E-state index contributed by atoms with van der Waals surface area (Å²) in [7, 11) is 0. The number of hydrogen-bond donors (Lipinski definition) is 1.